The number of sulfonamides is 1. The highest BCUT2D eigenvalue weighted by Gasteiger charge is 2.21. The van der Waals surface area contributed by atoms with Crippen LogP contribution in [0.4, 0.5) is 0 Å². The van der Waals surface area contributed by atoms with Crippen LogP contribution in [0.1, 0.15) is 24.0 Å². The molecule has 1 fully saturated rings. The summed E-state index contributed by atoms with van der Waals surface area (Å²) in [6.07, 6.45) is 2.45. The van der Waals surface area contributed by atoms with Crippen LogP contribution in [0.25, 0.3) is 0 Å². The van der Waals surface area contributed by atoms with Crippen LogP contribution in [0.5, 0.6) is 0 Å². The van der Waals surface area contributed by atoms with E-state index in [0.29, 0.717) is 24.0 Å². The molecule has 0 unspecified atom stereocenters. The molecule has 0 amide bonds. The maximum absolute atomic E-state index is 12.4. The Hall–Kier alpha value is -0.950. The van der Waals surface area contributed by atoms with Crippen LogP contribution in [0.3, 0.4) is 0 Å². The Morgan fingerprint density at radius 3 is 2.62 bits per heavy atom. The summed E-state index contributed by atoms with van der Waals surface area (Å²) in [6, 6.07) is 6.26. The number of rotatable bonds is 8. The Bertz CT molecular complexity index is 581. The van der Waals surface area contributed by atoms with Crippen LogP contribution >= 0.6 is 0 Å². The van der Waals surface area contributed by atoms with Gasteiger partial charge < -0.3 is 10.2 Å². The van der Waals surface area contributed by atoms with Gasteiger partial charge in [-0.2, -0.15) is 0 Å². The van der Waals surface area contributed by atoms with Gasteiger partial charge in [-0.15, -0.1) is 0 Å². The molecule has 1 aromatic rings. The van der Waals surface area contributed by atoms with Gasteiger partial charge in [0.05, 0.1) is 4.90 Å². The zero-order valence-electron chi connectivity index (χ0n) is 13.0. The molecule has 1 aromatic carbocycles. The van der Waals surface area contributed by atoms with E-state index in [2.05, 4.69) is 10.0 Å². The van der Waals surface area contributed by atoms with E-state index in [1.807, 2.05) is 38.1 Å². The summed E-state index contributed by atoms with van der Waals surface area (Å²) in [5.41, 5.74) is 1.79. The predicted octanol–water partition coefficient (Wildman–Crippen LogP) is 1.09. The van der Waals surface area contributed by atoms with E-state index in [0.717, 1.165) is 17.7 Å². The second-order valence-corrected chi connectivity index (χ2v) is 7.69. The highest BCUT2D eigenvalue weighted by atomic mass is 32.2. The SMILES string of the molecule is Cc1ccc(CNC2CC2)cc1S(=O)(=O)NCCN(C)C. The molecule has 0 radical (unpaired) electrons. The molecule has 0 saturated heterocycles. The van der Waals surface area contributed by atoms with E-state index >= 15 is 0 Å². The molecule has 1 saturated carbocycles. The Morgan fingerprint density at radius 2 is 2.00 bits per heavy atom. The van der Waals surface area contributed by atoms with Gasteiger partial charge in [-0.3, -0.25) is 0 Å². The number of aryl methyl sites for hydroxylation is 1. The maximum Gasteiger partial charge on any atom is 0.240 e. The molecular formula is C15H25N3O2S. The van der Waals surface area contributed by atoms with Crippen molar-refractivity contribution in [3.05, 3.63) is 29.3 Å². The fourth-order valence-corrected chi connectivity index (χ4v) is 3.39. The first-order valence-corrected chi connectivity index (χ1v) is 8.84. The van der Waals surface area contributed by atoms with Crippen LogP contribution in [0, 0.1) is 6.92 Å². The number of nitrogens with one attached hydrogen (secondary N) is 2. The van der Waals surface area contributed by atoms with Gasteiger partial charge in [0.25, 0.3) is 0 Å². The molecule has 0 aromatic heterocycles. The van der Waals surface area contributed by atoms with Crippen molar-refractivity contribution in [2.75, 3.05) is 27.2 Å². The van der Waals surface area contributed by atoms with Crippen molar-refractivity contribution >= 4 is 10.0 Å². The standard InChI is InChI=1S/C15H25N3O2S/c1-12-4-5-13(11-16-14-6-7-14)10-15(12)21(19,20)17-8-9-18(2)3/h4-5,10,14,16-17H,6-9,11H2,1-3H3. The number of nitrogens with zero attached hydrogens (tertiary/aromatic N) is 1. The summed E-state index contributed by atoms with van der Waals surface area (Å²) in [5.74, 6) is 0. The van der Waals surface area contributed by atoms with Gasteiger partial charge in [0.1, 0.15) is 0 Å². The van der Waals surface area contributed by atoms with Gasteiger partial charge in [-0.05, 0) is 51.1 Å². The van der Waals surface area contributed by atoms with Crippen LogP contribution < -0.4 is 10.0 Å². The molecule has 2 rings (SSSR count). The molecule has 0 atom stereocenters. The van der Waals surface area contributed by atoms with Crippen molar-refractivity contribution in [3.63, 3.8) is 0 Å². The van der Waals surface area contributed by atoms with Crippen molar-refractivity contribution in [2.24, 2.45) is 0 Å². The van der Waals surface area contributed by atoms with Crippen LogP contribution in [0.2, 0.25) is 0 Å². The molecule has 0 bridgehead atoms. The van der Waals surface area contributed by atoms with E-state index in [9.17, 15) is 8.42 Å². The Balaban J connectivity index is 2.06. The fraction of sp³-hybridized carbons (Fsp3) is 0.600. The van der Waals surface area contributed by atoms with Crippen LogP contribution in [-0.2, 0) is 16.6 Å². The summed E-state index contributed by atoms with van der Waals surface area (Å²) in [6.45, 7) is 3.66. The Kier molecular flexibility index (Phi) is 5.37. The normalized spacial score (nSPS) is 15.6. The first-order chi connectivity index (χ1) is 9.88. The number of benzene rings is 1. The summed E-state index contributed by atoms with van der Waals surface area (Å²) < 4.78 is 27.4. The lowest BCUT2D eigenvalue weighted by Gasteiger charge is -2.13. The quantitative estimate of drug-likeness (QED) is 0.754. The summed E-state index contributed by atoms with van der Waals surface area (Å²) in [7, 11) is 0.404. The molecule has 118 valence electrons. The van der Waals surface area contributed by atoms with E-state index in [4.69, 9.17) is 0 Å². The predicted molar refractivity (Wildman–Crippen MR) is 84.8 cm³/mol. The van der Waals surface area contributed by atoms with Crippen molar-refractivity contribution < 1.29 is 8.42 Å². The van der Waals surface area contributed by atoms with Crippen LogP contribution in [-0.4, -0.2) is 46.5 Å². The molecular weight excluding hydrogens is 286 g/mol. The molecule has 2 N–H and O–H groups in total. The third kappa shape index (κ3) is 5.07. The van der Waals surface area contributed by atoms with Crippen LogP contribution in [0.15, 0.2) is 23.1 Å². The molecule has 0 heterocycles. The Labute approximate surface area is 127 Å². The summed E-state index contributed by atoms with van der Waals surface area (Å²) in [5, 5.41) is 3.41. The van der Waals surface area contributed by atoms with Crippen molar-refractivity contribution in [1.82, 2.24) is 14.9 Å². The molecule has 0 spiro atoms. The third-order valence-electron chi connectivity index (χ3n) is 3.57. The third-order valence-corrected chi connectivity index (χ3v) is 5.17. The molecule has 0 aliphatic heterocycles. The van der Waals surface area contributed by atoms with Gasteiger partial charge in [-0.1, -0.05) is 12.1 Å². The van der Waals surface area contributed by atoms with Crippen molar-refractivity contribution in [2.45, 2.75) is 37.2 Å². The minimum atomic E-state index is -3.44. The van der Waals surface area contributed by atoms with Gasteiger partial charge >= 0.3 is 0 Å². The Morgan fingerprint density at radius 1 is 1.29 bits per heavy atom. The smallest absolute Gasteiger partial charge is 0.240 e. The average molecular weight is 311 g/mol. The highest BCUT2D eigenvalue weighted by Crippen LogP contribution is 2.21. The fourth-order valence-electron chi connectivity index (χ4n) is 2.07. The van der Waals surface area contributed by atoms with Crippen molar-refractivity contribution in [3.8, 4) is 0 Å². The maximum atomic E-state index is 12.4. The zero-order valence-corrected chi connectivity index (χ0v) is 13.8. The lowest BCUT2D eigenvalue weighted by Crippen LogP contribution is -2.31. The van der Waals surface area contributed by atoms with E-state index in [1.165, 1.54) is 12.8 Å². The average Bonchev–Trinajstić information content (AvgIpc) is 3.21. The lowest BCUT2D eigenvalue weighted by molar-refractivity contribution is 0.412. The first-order valence-electron chi connectivity index (χ1n) is 7.36. The van der Waals surface area contributed by atoms with E-state index in [-0.39, 0.29) is 0 Å². The van der Waals surface area contributed by atoms with E-state index < -0.39 is 10.0 Å². The molecule has 1 aliphatic carbocycles. The topological polar surface area (TPSA) is 61.4 Å². The summed E-state index contributed by atoms with van der Waals surface area (Å²) >= 11 is 0. The lowest BCUT2D eigenvalue weighted by atomic mass is 10.1. The second-order valence-electron chi connectivity index (χ2n) is 5.96. The van der Waals surface area contributed by atoms with Gasteiger partial charge in [-0.25, -0.2) is 13.1 Å². The monoisotopic (exact) mass is 311 g/mol. The van der Waals surface area contributed by atoms with Gasteiger partial charge in [0.2, 0.25) is 10.0 Å². The molecule has 1 aliphatic rings. The highest BCUT2D eigenvalue weighted by molar-refractivity contribution is 7.89. The largest absolute Gasteiger partial charge is 0.310 e. The van der Waals surface area contributed by atoms with Gasteiger partial charge in [0, 0.05) is 25.7 Å². The number of hydrogen-bond acceptors (Lipinski definition) is 4. The minimum Gasteiger partial charge on any atom is -0.310 e. The molecule has 5 nitrogen and oxygen atoms in total. The number of likely N-dealkylation sites (N-methyl/N-ethyl adjacent to an activating group) is 1. The molecule has 6 heteroatoms. The molecule has 21 heavy (non-hydrogen) atoms. The summed E-state index contributed by atoms with van der Waals surface area (Å²) in [4.78, 5) is 2.34. The van der Waals surface area contributed by atoms with Gasteiger partial charge in [0.15, 0.2) is 0 Å². The first kappa shape index (κ1) is 16.4. The van der Waals surface area contributed by atoms with E-state index in [1.54, 1.807) is 6.07 Å². The zero-order chi connectivity index (χ0) is 15.5. The second kappa shape index (κ2) is 6.87. The number of hydrogen-bond donors (Lipinski definition) is 2. The van der Waals surface area contributed by atoms with Crippen molar-refractivity contribution in [1.29, 1.82) is 0 Å². The minimum absolute atomic E-state index is 0.386.